The first-order valence-corrected chi connectivity index (χ1v) is 5.66. The van der Waals surface area contributed by atoms with Crippen LogP contribution >= 0.6 is 0 Å². The Bertz CT molecular complexity index is 350. The van der Waals surface area contributed by atoms with Crippen molar-refractivity contribution in [3.63, 3.8) is 0 Å². The molecule has 1 aliphatic carbocycles. The molecule has 0 amide bonds. The van der Waals surface area contributed by atoms with Crippen LogP contribution in [0.3, 0.4) is 0 Å². The normalized spacial score (nSPS) is 34.9. The van der Waals surface area contributed by atoms with Gasteiger partial charge in [0.2, 0.25) is 0 Å². The third-order valence-electron chi connectivity index (χ3n) is 3.83. The second kappa shape index (κ2) is 3.93. The number of hydrogen-bond acceptors (Lipinski definition) is 1. The minimum Gasteiger partial charge on any atom is -0.327 e. The fraction of sp³-hybridized carbons (Fsp3) is 0.538. The maximum atomic E-state index is 13.1. The molecule has 0 aliphatic heterocycles. The van der Waals surface area contributed by atoms with Crippen LogP contribution in [0, 0.1) is 17.7 Å². The van der Waals surface area contributed by atoms with E-state index in [1.807, 2.05) is 6.07 Å². The Hall–Kier alpha value is -0.890. The third kappa shape index (κ3) is 1.67. The van der Waals surface area contributed by atoms with Crippen molar-refractivity contribution in [3.05, 3.63) is 35.6 Å². The molecule has 1 saturated carbocycles. The Labute approximate surface area is 90.5 Å². The lowest BCUT2D eigenvalue weighted by molar-refractivity contribution is 0.109. The topological polar surface area (TPSA) is 26.0 Å². The molecule has 0 heterocycles. The first-order chi connectivity index (χ1) is 7.15. The minimum absolute atomic E-state index is 0.143. The van der Waals surface area contributed by atoms with E-state index >= 15 is 0 Å². The maximum absolute atomic E-state index is 13.1. The van der Waals surface area contributed by atoms with Crippen molar-refractivity contribution in [1.29, 1.82) is 0 Å². The van der Waals surface area contributed by atoms with E-state index in [0.29, 0.717) is 17.8 Å². The highest BCUT2D eigenvalue weighted by Gasteiger charge is 2.44. The largest absolute Gasteiger partial charge is 0.327 e. The van der Waals surface area contributed by atoms with E-state index in [4.69, 9.17) is 5.73 Å². The van der Waals surface area contributed by atoms with E-state index in [2.05, 4.69) is 13.8 Å². The fourth-order valence-corrected chi connectivity index (χ4v) is 2.90. The molecule has 0 spiro atoms. The van der Waals surface area contributed by atoms with Gasteiger partial charge in [0.05, 0.1) is 0 Å². The molecule has 2 rings (SSSR count). The van der Waals surface area contributed by atoms with Crippen LogP contribution in [0.25, 0.3) is 0 Å². The molecule has 1 fully saturated rings. The second-order valence-corrected chi connectivity index (χ2v) is 4.59. The van der Waals surface area contributed by atoms with Gasteiger partial charge >= 0.3 is 0 Å². The van der Waals surface area contributed by atoms with Crippen LogP contribution in [0.5, 0.6) is 0 Å². The van der Waals surface area contributed by atoms with Crippen molar-refractivity contribution in [2.45, 2.75) is 32.2 Å². The Morgan fingerprint density at radius 1 is 1.40 bits per heavy atom. The van der Waals surface area contributed by atoms with Crippen LogP contribution in [0.2, 0.25) is 0 Å². The molecular formula is C13H18FN. The molecule has 1 aliphatic rings. The molecule has 4 atom stereocenters. The number of nitrogens with two attached hydrogens (primary N) is 1. The summed E-state index contributed by atoms with van der Waals surface area (Å²) in [6, 6.07) is 7.22. The summed E-state index contributed by atoms with van der Waals surface area (Å²) in [6.45, 7) is 4.31. The van der Waals surface area contributed by atoms with Crippen molar-refractivity contribution in [3.8, 4) is 0 Å². The zero-order valence-electron chi connectivity index (χ0n) is 9.28. The summed E-state index contributed by atoms with van der Waals surface area (Å²) < 4.78 is 13.1. The maximum Gasteiger partial charge on any atom is 0.123 e. The lowest BCUT2D eigenvalue weighted by Crippen LogP contribution is -2.53. The van der Waals surface area contributed by atoms with Gasteiger partial charge in [-0.05, 0) is 35.4 Å². The zero-order chi connectivity index (χ0) is 11.0. The van der Waals surface area contributed by atoms with Crippen LogP contribution in [0.1, 0.15) is 31.7 Å². The molecule has 82 valence electrons. The summed E-state index contributed by atoms with van der Waals surface area (Å²) in [5.41, 5.74) is 7.16. The highest BCUT2D eigenvalue weighted by atomic mass is 19.1. The predicted octanol–water partition coefficient (Wildman–Crippen LogP) is 2.91. The molecule has 0 saturated heterocycles. The van der Waals surface area contributed by atoms with Gasteiger partial charge in [-0.2, -0.15) is 0 Å². The third-order valence-corrected chi connectivity index (χ3v) is 3.83. The summed E-state index contributed by atoms with van der Waals surface area (Å²) >= 11 is 0. The lowest BCUT2D eigenvalue weighted by Gasteiger charge is -2.49. The van der Waals surface area contributed by atoms with Crippen LogP contribution in [0.4, 0.5) is 4.39 Å². The van der Waals surface area contributed by atoms with Crippen molar-refractivity contribution >= 4 is 0 Å². The Morgan fingerprint density at radius 3 is 2.73 bits per heavy atom. The van der Waals surface area contributed by atoms with E-state index in [9.17, 15) is 4.39 Å². The molecular weight excluding hydrogens is 189 g/mol. The fourth-order valence-electron chi connectivity index (χ4n) is 2.90. The number of halogens is 1. The SMILES string of the molecule is CCC1C(N)C(C)C1c1cccc(F)c1. The Balaban J connectivity index is 2.24. The Kier molecular flexibility index (Phi) is 2.79. The van der Waals surface area contributed by atoms with Crippen LogP contribution in [0.15, 0.2) is 24.3 Å². The van der Waals surface area contributed by atoms with E-state index in [1.165, 1.54) is 6.07 Å². The number of hydrogen-bond donors (Lipinski definition) is 1. The molecule has 4 unspecified atom stereocenters. The summed E-state index contributed by atoms with van der Waals surface area (Å²) in [5, 5.41) is 0. The van der Waals surface area contributed by atoms with E-state index < -0.39 is 0 Å². The molecule has 0 aromatic heterocycles. The van der Waals surface area contributed by atoms with E-state index in [0.717, 1.165) is 12.0 Å². The second-order valence-electron chi connectivity index (χ2n) is 4.59. The van der Waals surface area contributed by atoms with Gasteiger partial charge in [0.15, 0.2) is 0 Å². The van der Waals surface area contributed by atoms with Crippen molar-refractivity contribution in [2.75, 3.05) is 0 Å². The van der Waals surface area contributed by atoms with Gasteiger partial charge in [0.1, 0.15) is 5.82 Å². The average molecular weight is 207 g/mol. The molecule has 1 nitrogen and oxygen atoms in total. The van der Waals surface area contributed by atoms with Gasteiger partial charge in [-0.25, -0.2) is 4.39 Å². The summed E-state index contributed by atoms with van der Waals surface area (Å²) in [4.78, 5) is 0. The molecule has 1 aromatic carbocycles. The molecule has 2 heteroatoms. The van der Waals surface area contributed by atoms with Gasteiger partial charge in [0.25, 0.3) is 0 Å². The smallest absolute Gasteiger partial charge is 0.123 e. The predicted molar refractivity (Wildman–Crippen MR) is 60.1 cm³/mol. The zero-order valence-corrected chi connectivity index (χ0v) is 9.28. The van der Waals surface area contributed by atoms with Crippen LogP contribution in [-0.2, 0) is 0 Å². The first kappa shape index (κ1) is 10.6. The molecule has 2 N–H and O–H groups in total. The van der Waals surface area contributed by atoms with E-state index in [-0.39, 0.29) is 11.9 Å². The summed E-state index contributed by atoms with van der Waals surface area (Å²) in [7, 11) is 0. The van der Waals surface area contributed by atoms with Gasteiger partial charge in [0, 0.05) is 6.04 Å². The minimum atomic E-state index is -0.143. The summed E-state index contributed by atoms with van der Waals surface area (Å²) in [6.07, 6.45) is 1.08. The number of benzene rings is 1. The van der Waals surface area contributed by atoms with Crippen LogP contribution in [-0.4, -0.2) is 6.04 Å². The lowest BCUT2D eigenvalue weighted by atomic mass is 9.58. The molecule has 0 bridgehead atoms. The van der Waals surface area contributed by atoms with Crippen molar-refractivity contribution < 1.29 is 4.39 Å². The van der Waals surface area contributed by atoms with Gasteiger partial charge in [-0.1, -0.05) is 32.4 Å². The van der Waals surface area contributed by atoms with Gasteiger partial charge in [-0.3, -0.25) is 0 Å². The standard InChI is InChI=1S/C13H18FN/c1-3-11-12(8(2)13(11)15)9-5-4-6-10(14)7-9/h4-8,11-13H,3,15H2,1-2H3. The molecule has 15 heavy (non-hydrogen) atoms. The van der Waals surface area contributed by atoms with Crippen molar-refractivity contribution in [1.82, 2.24) is 0 Å². The van der Waals surface area contributed by atoms with Gasteiger partial charge in [-0.15, -0.1) is 0 Å². The molecule has 1 aromatic rings. The monoisotopic (exact) mass is 207 g/mol. The quantitative estimate of drug-likeness (QED) is 0.792. The van der Waals surface area contributed by atoms with Crippen molar-refractivity contribution in [2.24, 2.45) is 17.6 Å². The van der Waals surface area contributed by atoms with Crippen LogP contribution < -0.4 is 5.73 Å². The Morgan fingerprint density at radius 2 is 2.13 bits per heavy atom. The highest BCUT2D eigenvalue weighted by Crippen LogP contribution is 2.48. The van der Waals surface area contributed by atoms with Gasteiger partial charge < -0.3 is 5.73 Å². The van der Waals surface area contributed by atoms with E-state index in [1.54, 1.807) is 12.1 Å². The number of rotatable bonds is 2. The average Bonchev–Trinajstić information content (AvgIpc) is 2.24. The molecule has 0 radical (unpaired) electrons. The first-order valence-electron chi connectivity index (χ1n) is 5.66. The highest BCUT2D eigenvalue weighted by molar-refractivity contribution is 5.26. The summed E-state index contributed by atoms with van der Waals surface area (Å²) in [5.74, 6) is 1.29.